The van der Waals surface area contributed by atoms with Crippen molar-refractivity contribution in [1.29, 1.82) is 0 Å². The molecule has 88 valence electrons. The minimum absolute atomic E-state index is 0.594. The van der Waals surface area contributed by atoms with Crippen LogP contribution in [0.1, 0.15) is 6.92 Å². The van der Waals surface area contributed by atoms with Gasteiger partial charge >= 0.3 is 5.97 Å². The normalized spacial score (nSPS) is 16.6. The molecule has 0 aliphatic carbocycles. The highest BCUT2D eigenvalue weighted by atomic mass is 16.5. The molecule has 0 spiro atoms. The number of carbonyl (C=O) groups excluding carboxylic acids is 2. The van der Waals surface area contributed by atoms with Crippen LogP contribution in [0.25, 0.3) is 0 Å². The molecule has 0 aromatic rings. The van der Waals surface area contributed by atoms with Gasteiger partial charge in [-0.1, -0.05) is 0 Å². The van der Waals surface area contributed by atoms with Crippen LogP contribution >= 0.6 is 0 Å². The Morgan fingerprint density at radius 1 is 1.27 bits per heavy atom. The zero-order chi connectivity index (χ0) is 12.0. The molecule has 0 radical (unpaired) electrons. The number of ether oxygens (including phenoxy) is 1. The highest BCUT2D eigenvalue weighted by molar-refractivity contribution is 5.87. The first-order valence-corrected chi connectivity index (χ1v) is 4.22. The molecule has 0 saturated carbocycles. The third kappa shape index (κ3) is 4.84. The van der Waals surface area contributed by atoms with E-state index in [2.05, 4.69) is 4.74 Å². The average molecular weight is 222 g/mol. The molecule has 0 fully saturated rings. The quantitative estimate of drug-likeness (QED) is 0.357. The van der Waals surface area contributed by atoms with Gasteiger partial charge < -0.3 is 25.2 Å². The van der Waals surface area contributed by atoms with Gasteiger partial charge in [0.2, 0.25) is 0 Å². The molecule has 0 aromatic heterocycles. The third-order valence-electron chi connectivity index (χ3n) is 1.62. The van der Waals surface area contributed by atoms with Crippen LogP contribution in [0, 0.1) is 0 Å². The van der Waals surface area contributed by atoms with Gasteiger partial charge in [0.05, 0.1) is 6.61 Å². The topological polar surface area (TPSA) is 124 Å². The van der Waals surface area contributed by atoms with Crippen molar-refractivity contribution >= 4 is 11.8 Å². The molecular weight excluding hydrogens is 208 g/mol. The molecule has 7 nitrogen and oxygen atoms in total. The number of Topliss-reactive ketones (excluding diaryl/α,β-unsaturated/α-hetero) is 1. The lowest BCUT2D eigenvalue weighted by Crippen LogP contribution is -2.43. The van der Waals surface area contributed by atoms with Crippen molar-refractivity contribution in [2.75, 3.05) is 13.2 Å². The van der Waals surface area contributed by atoms with E-state index in [1.54, 1.807) is 0 Å². The van der Waals surface area contributed by atoms with Crippen LogP contribution in [-0.4, -0.2) is 63.7 Å². The molecule has 0 bridgehead atoms. The van der Waals surface area contributed by atoms with E-state index in [9.17, 15) is 9.59 Å². The van der Waals surface area contributed by atoms with Gasteiger partial charge in [-0.2, -0.15) is 0 Å². The average Bonchev–Trinajstić information content (AvgIpc) is 2.22. The highest BCUT2D eigenvalue weighted by Gasteiger charge is 2.29. The lowest BCUT2D eigenvalue weighted by molar-refractivity contribution is -0.152. The maximum atomic E-state index is 11.1. The molecule has 4 N–H and O–H groups in total. The van der Waals surface area contributed by atoms with Gasteiger partial charge in [-0.05, 0) is 0 Å². The van der Waals surface area contributed by atoms with E-state index in [1.807, 2.05) is 0 Å². The Balaban J connectivity index is 4.13. The molecule has 0 heterocycles. The summed E-state index contributed by atoms with van der Waals surface area (Å²) in [7, 11) is 0. The smallest absolute Gasteiger partial charge is 0.302 e. The molecule has 1 unspecified atom stereocenters. The Hall–Kier alpha value is -1.02. The van der Waals surface area contributed by atoms with E-state index in [1.165, 1.54) is 0 Å². The summed E-state index contributed by atoms with van der Waals surface area (Å²) < 4.78 is 4.32. The lowest BCUT2D eigenvalue weighted by Gasteiger charge is -2.17. The summed E-state index contributed by atoms with van der Waals surface area (Å²) in [5.74, 6) is -1.79. The van der Waals surface area contributed by atoms with Crippen molar-refractivity contribution in [2.45, 2.75) is 25.2 Å². The molecular formula is C8H14O7. The standard InChI is InChI=1S/C8H14O7/c1-4(10)15-3-6(12)8(14)7(13)5(11)2-9/h5-7,9,11-13H,2-3H2,1H3/t5-,6?,7-/m1/s1. The predicted octanol–water partition coefficient (Wildman–Crippen LogP) is -2.81. The Kier molecular flexibility index (Phi) is 6.02. The zero-order valence-corrected chi connectivity index (χ0v) is 8.16. The predicted molar refractivity (Wildman–Crippen MR) is 46.7 cm³/mol. The minimum Gasteiger partial charge on any atom is -0.463 e. The first-order valence-electron chi connectivity index (χ1n) is 4.22. The summed E-state index contributed by atoms with van der Waals surface area (Å²) in [4.78, 5) is 21.4. The monoisotopic (exact) mass is 222 g/mol. The highest BCUT2D eigenvalue weighted by Crippen LogP contribution is 2.00. The SMILES string of the molecule is CC(=O)OCC(O)C(=O)[C@H](O)[C@H](O)CO. The Labute approximate surface area is 85.9 Å². The minimum atomic E-state index is -1.90. The van der Waals surface area contributed by atoms with Crippen LogP contribution in [0.5, 0.6) is 0 Å². The largest absolute Gasteiger partial charge is 0.463 e. The zero-order valence-electron chi connectivity index (χ0n) is 8.16. The second-order valence-electron chi connectivity index (χ2n) is 2.92. The van der Waals surface area contributed by atoms with Crippen molar-refractivity contribution in [1.82, 2.24) is 0 Å². The van der Waals surface area contributed by atoms with Crippen LogP contribution in [0.2, 0.25) is 0 Å². The lowest BCUT2D eigenvalue weighted by atomic mass is 10.1. The van der Waals surface area contributed by atoms with Crippen LogP contribution in [0.3, 0.4) is 0 Å². The summed E-state index contributed by atoms with van der Waals surface area (Å²) in [6.07, 6.45) is -5.28. The number of rotatable bonds is 6. The molecule has 0 rings (SSSR count). The van der Waals surface area contributed by atoms with E-state index in [-0.39, 0.29) is 0 Å². The van der Waals surface area contributed by atoms with E-state index in [0.29, 0.717) is 0 Å². The van der Waals surface area contributed by atoms with Gasteiger partial charge in [-0.15, -0.1) is 0 Å². The van der Waals surface area contributed by atoms with Gasteiger partial charge in [-0.3, -0.25) is 9.59 Å². The number of hydrogen-bond acceptors (Lipinski definition) is 7. The maximum absolute atomic E-state index is 11.1. The van der Waals surface area contributed by atoms with Gasteiger partial charge in [0, 0.05) is 6.92 Å². The van der Waals surface area contributed by atoms with E-state index >= 15 is 0 Å². The molecule has 3 atom stereocenters. The Morgan fingerprint density at radius 3 is 2.20 bits per heavy atom. The maximum Gasteiger partial charge on any atom is 0.302 e. The first kappa shape index (κ1) is 14.0. The summed E-state index contributed by atoms with van der Waals surface area (Å²) in [5, 5.41) is 35.5. The number of ketones is 1. The molecule has 0 aliphatic heterocycles. The fourth-order valence-corrected chi connectivity index (χ4v) is 0.765. The number of hydrogen-bond donors (Lipinski definition) is 4. The van der Waals surface area contributed by atoms with E-state index in [0.717, 1.165) is 6.92 Å². The molecule has 7 heteroatoms. The fourth-order valence-electron chi connectivity index (χ4n) is 0.765. The number of aliphatic hydroxyl groups excluding tert-OH is 4. The number of aliphatic hydroxyl groups is 4. The number of carbonyl (C=O) groups is 2. The van der Waals surface area contributed by atoms with Crippen molar-refractivity contribution < 1.29 is 34.8 Å². The molecule has 0 saturated heterocycles. The van der Waals surface area contributed by atoms with Gasteiger partial charge in [0.15, 0.2) is 5.78 Å². The second-order valence-corrected chi connectivity index (χ2v) is 2.92. The van der Waals surface area contributed by atoms with Crippen molar-refractivity contribution in [2.24, 2.45) is 0 Å². The van der Waals surface area contributed by atoms with Gasteiger partial charge in [0.1, 0.15) is 24.9 Å². The van der Waals surface area contributed by atoms with Crippen LogP contribution in [-0.2, 0) is 14.3 Å². The van der Waals surface area contributed by atoms with E-state index < -0.39 is 43.3 Å². The Morgan fingerprint density at radius 2 is 1.80 bits per heavy atom. The summed E-state index contributed by atoms with van der Waals surface area (Å²) in [6, 6.07) is 0. The van der Waals surface area contributed by atoms with Crippen molar-refractivity contribution in [3.05, 3.63) is 0 Å². The van der Waals surface area contributed by atoms with Crippen LogP contribution in [0.4, 0.5) is 0 Å². The van der Waals surface area contributed by atoms with Crippen LogP contribution < -0.4 is 0 Å². The Bertz CT molecular complexity index is 227. The summed E-state index contributed by atoms with van der Waals surface area (Å²) in [5.41, 5.74) is 0. The van der Waals surface area contributed by atoms with Crippen molar-refractivity contribution in [3.8, 4) is 0 Å². The summed E-state index contributed by atoms with van der Waals surface area (Å²) in [6.45, 7) is -0.313. The van der Waals surface area contributed by atoms with Gasteiger partial charge in [0.25, 0.3) is 0 Å². The molecule has 0 aliphatic rings. The van der Waals surface area contributed by atoms with E-state index in [4.69, 9.17) is 20.4 Å². The number of esters is 1. The third-order valence-corrected chi connectivity index (χ3v) is 1.62. The van der Waals surface area contributed by atoms with Crippen molar-refractivity contribution in [3.63, 3.8) is 0 Å². The summed E-state index contributed by atoms with van der Waals surface area (Å²) >= 11 is 0. The second kappa shape index (κ2) is 6.46. The fraction of sp³-hybridized carbons (Fsp3) is 0.750. The van der Waals surface area contributed by atoms with Crippen LogP contribution in [0.15, 0.2) is 0 Å². The first-order chi connectivity index (χ1) is 6.90. The molecule has 0 aromatic carbocycles. The van der Waals surface area contributed by atoms with Gasteiger partial charge in [-0.25, -0.2) is 0 Å². The molecule has 15 heavy (non-hydrogen) atoms. The molecule has 0 amide bonds.